The average Bonchev–Trinajstić information content (AvgIpc) is 2.88. The Morgan fingerprint density at radius 2 is 1.76 bits per heavy atom. The average molecular weight is 368 g/mol. The third-order valence-electron chi connectivity index (χ3n) is 4.24. The standard InChI is InChI=1S/C21H21NOS2/c1-15(2)18-10-8-17(9-11-18)14-19-20(23)22(21(24)25-19)13-12-16-6-4-3-5-7-16/h3-11,14-15H,12-13H2,1-2H3. The van der Waals surface area contributed by atoms with Gasteiger partial charge in [-0.15, -0.1) is 0 Å². The third kappa shape index (κ3) is 4.39. The molecule has 1 amide bonds. The molecule has 0 unspecified atom stereocenters. The molecule has 0 aromatic heterocycles. The summed E-state index contributed by atoms with van der Waals surface area (Å²) in [7, 11) is 0. The zero-order chi connectivity index (χ0) is 17.8. The van der Waals surface area contributed by atoms with E-state index in [2.05, 4.69) is 50.2 Å². The van der Waals surface area contributed by atoms with E-state index in [0.29, 0.717) is 21.7 Å². The van der Waals surface area contributed by atoms with Crippen LogP contribution in [0.1, 0.15) is 36.5 Å². The molecule has 128 valence electrons. The predicted octanol–water partition coefficient (Wildman–Crippen LogP) is 5.25. The first kappa shape index (κ1) is 17.9. The monoisotopic (exact) mass is 367 g/mol. The van der Waals surface area contributed by atoms with E-state index in [1.807, 2.05) is 24.3 Å². The summed E-state index contributed by atoms with van der Waals surface area (Å²) in [5, 5.41) is 0. The van der Waals surface area contributed by atoms with Gasteiger partial charge in [-0.3, -0.25) is 9.69 Å². The van der Waals surface area contributed by atoms with Gasteiger partial charge in [0.25, 0.3) is 5.91 Å². The van der Waals surface area contributed by atoms with Crippen molar-refractivity contribution in [2.75, 3.05) is 6.54 Å². The minimum Gasteiger partial charge on any atom is -0.293 e. The van der Waals surface area contributed by atoms with Crippen LogP contribution >= 0.6 is 24.0 Å². The first-order chi connectivity index (χ1) is 12.0. The zero-order valence-corrected chi connectivity index (χ0v) is 16.1. The summed E-state index contributed by atoms with van der Waals surface area (Å²) < 4.78 is 0.644. The van der Waals surface area contributed by atoms with Gasteiger partial charge in [-0.2, -0.15) is 0 Å². The highest BCUT2D eigenvalue weighted by Crippen LogP contribution is 2.32. The van der Waals surface area contributed by atoms with Gasteiger partial charge >= 0.3 is 0 Å². The van der Waals surface area contributed by atoms with Crippen LogP contribution in [0, 0.1) is 0 Å². The highest BCUT2D eigenvalue weighted by molar-refractivity contribution is 8.26. The molecule has 4 heteroatoms. The van der Waals surface area contributed by atoms with E-state index in [9.17, 15) is 4.79 Å². The number of amides is 1. The number of hydrogen-bond acceptors (Lipinski definition) is 3. The molecular weight excluding hydrogens is 346 g/mol. The van der Waals surface area contributed by atoms with Gasteiger partial charge in [0.05, 0.1) is 4.91 Å². The molecule has 0 N–H and O–H groups in total. The van der Waals surface area contributed by atoms with Crippen molar-refractivity contribution >= 4 is 40.3 Å². The first-order valence-corrected chi connectivity index (χ1v) is 9.66. The summed E-state index contributed by atoms with van der Waals surface area (Å²) in [6.45, 7) is 4.97. The molecule has 25 heavy (non-hydrogen) atoms. The molecule has 1 aliphatic rings. The van der Waals surface area contributed by atoms with Gasteiger partial charge in [0.1, 0.15) is 4.32 Å². The van der Waals surface area contributed by atoms with Gasteiger partial charge in [-0.1, -0.05) is 92.4 Å². The van der Waals surface area contributed by atoms with Gasteiger partial charge in [0, 0.05) is 6.54 Å². The first-order valence-electron chi connectivity index (χ1n) is 8.44. The Labute approximate surface area is 158 Å². The van der Waals surface area contributed by atoms with Crippen molar-refractivity contribution in [2.24, 2.45) is 0 Å². The SMILES string of the molecule is CC(C)c1ccc(C=C2SC(=S)N(CCc3ccccc3)C2=O)cc1. The second kappa shape index (κ2) is 7.98. The predicted molar refractivity (Wildman–Crippen MR) is 111 cm³/mol. The van der Waals surface area contributed by atoms with Crippen LogP contribution in [0.2, 0.25) is 0 Å². The Hall–Kier alpha value is -1.91. The van der Waals surface area contributed by atoms with Crippen LogP contribution in [0.3, 0.4) is 0 Å². The van der Waals surface area contributed by atoms with Gasteiger partial charge < -0.3 is 0 Å². The van der Waals surface area contributed by atoms with Crippen LogP contribution in [0.25, 0.3) is 6.08 Å². The van der Waals surface area contributed by atoms with Crippen LogP contribution in [0.4, 0.5) is 0 Å². The lowest BCUT2D eigenvalue weighted by Gasteiger charge is -2.14. The van der Waals surface area contributed by atoms with Gasteiger partial charge in [-0.05, 0) is 35.1 Å². The molecule has 0 saturated carbocycles. The van der Waals surface area contributed by atoms with E-state index in [-0.39, 0.29) is 5.91 Å². The summed E-state index contributed by atoms with van der Waals surface area (Å²) in [6.07, 6.45) is 2.75. The maximum absolute atomic E-state index is 12.7. The molecular formula is C21H21NOS2. The van der Waals surface area contributed by atoms with Crippen LogP contribution in [-0.2, 0) is 11.2 Å². The molecule has 0 aliphatic carbocycles. The molecule has 1 aliphatic heterocycles. The maximum atomic E-state index is 12.7. The lowest BCUT2D eigenvalue weighted by molar-refractivity contribution is -0.122. The van der Waals surface area contributed by atoms with E-state index in [1.54, 1.807) is 4.90 Å². The fraction of sp³-hybridized carbons (Fsp3) is 0.238. The molecule has 1 saturated heterocycles. The molecule has 1 fully saturated rings. The number of thiocarbonyl (C=S) groups is 1. The van der Waals surface area contributed by atoms with E-state index in [0.717, 1.165) is 12.0 Å². The highest BCUT2D eigenvalue weighted by Gasteiger charge is 2.31. The van der Waals surface area contributed by atoms with E-state index < -0.39 is 0 Å². The van der Waals surface area contributed by atoms with Crippen molar-refractivity contribution in [3.63, 3.8) is 0 Å². The van der Waals surface area contributed by atoms with Crippen molar-refractivity contribution in [3.8, 4) is 0 Å². The molecule has 0 bridgehead atoms. The third-order valence-corrected chi connectivity index (χ3v) is 5.62. The van der Waals surface area contributed by atoms with Gasteiger partial charge in [0.15, 0.2) is 0 Å². The van der Waals surface area contributed by atoms with Crippen LogP contribution in [-0.4, -0.2) is 21.7 Å². The number of carbonyl (C=O) groups excluding carboxylic acids is 1. The molecule has 3 rings (SSSR count). The number of nitrogens with zero attached hydrogens (tertiary/aromatic N) is 1. The number of hydrogen-bond donors (Lipinski definition) is 0. The number of carbonyl (C=O) groups is 1. The molecule has 0 spiro atoms. The fourth-order valence-electron chi connectivity index (χ4n) is 2.71. The summed E-state index contributed by atoms with van der Waals surface area (Å²) >= 11 is 6.80. The quantitative estimate of drug-likeness (QED) is 0.531. The minimum atomic E-state index is 0.0128. The number of thioether (sulfide) groups is 1. The van der Waals surface area contributed by atoms with E-state index >= 15 is 0 Å². The number of rotatable bonds is 5. The van der Waals surface area contributed by atoms with Crippen molar-refractivity contribution in [3.05, 3.63) is 76.2 Å². The number of benzene rings is 2. The highest BCUT2D eigenvalue weighted by atomic mass is 32.2. The Bertz CT molecular complexity index is 794. The van der Waals surface area contributed by atoms with Crippen molar-refractivity contribution in [1.82, 2.24) is 4.90 Å². The largest absolute Gasteiger partial charge is 0.293 e. The molecule has 2 aromatic rings. The van der Waals surface area contributed by atoms with E-state index in [1.165, 1.54) is 22.9 Å². The van der Waals surface area contributed by atoms with Crippen molar-refractivity contribution in [1.29, 1.82) is 0 Å². The van der Waals surface area contributed by atoms with Gasteiger partial charge in [-0.25, -0.2) is 0 Å². The second-order valence-corrected chi connectivity index (χ2v) is 8.07. The van der Waals surface area contributed by atoms with Gasteiger partial charge in [0.2, 0.25) is 0 Å². The van der Waals surface area contributed by atoms with Crippen LogP contribution < -0.4 is 0 Å². The van der Waals surface area contributed by atoms with Crippen molar-refractivity contribution in [2.45, 2.75) is 26.2 Å². The van der Waals surface area contributed by atoms with Crippen LogP contribution in [0.15, 0.2) is 59.5 Å². The topological polar surface area (TPSA) is 20.3 Å². The lowest BCUT2D eigenvalue weighted by atomic mass is 10.0. The maximum Gasteiger partial charge on any atom is 0.266 e. The summed E-state index contributed by atoms with van der Waals surface area (Å²) in [4.78, 5) is 15.1. The Morgan fingerprint density at radius 1 is 1.08 bits per heavy atom. The van der Waals surface area contributed by atoms with Crippen LogP contribution in [0.5, 0.6) is 0 Å². The lowest BCUT2D eigenvalue weighted by Crippen LogP contribution is -2.30. The normalized spacial score (nSPS) is 16.3. The molecule has 0 radical (unpaired) electrons. The van der Waals surface area contributed by atoms with Crippen molar-refractivity contribution < 1.29 is 4.79 Å². The second-order valence-electron chi connectivity index (χ2n) is 6.39. The summed E-state index contributed by atoms with van der Waals surface area (Å²) in [6, 6.07) is 18.5. The summed E-state index contributed by atoms with van der Waals surface area (Å²) in [5.74, 6) is 0.518. The fourth-order valence-corrected chi connectivity index (χ4v) is 4.02. The Morgan fingerprint density at radius 3 is 2.40 bits per heavy atom. The molecule has 2 aromatic carbocycles. The minimum absolute atomic E-state index is 0.0128. The Balaban J connectivity index is 1.69. The smallest absolute Gasteiger partial charge is 0.266 e. The molecule has 2 nitrogen and oxygen atoms in total. The Kier molecular flexibility index (Phi) is 5.71. The molecule has 0 atom stereocenters. The van der Waals surface area contributed by atoms with E-state index in [4.69, 9.17) is 12.2 Å². The molecule has 1 heterocycles. The summed E-state index contributed by atoms with van der Waals surface area (Å²) in [5.41, 5.74) is 3.55. The zero-order valence-electron chi connectivity index (χ0n) is 14.4.